The number of hydrogen-bond acceptors (Lipinski definition) is 4. The number of ether oxygens (including phenoxy) is 1. The van der Waals surface area contributed by atoms with Crippen molar-refractivity contribution >= 4 is 22.7 Å². The van der Waals surface area contributed by atoms with E-state index in [0.29, 0.717) is 23.1 Å². The van der Waals surface area contributed by atoms with Gasteiger partial charge in [0.25, 0.3) is 0 Å². The summed E-state index contributed by atoms with van der Waals surface area (Å²) in [6, 6.07) is 7.27. The van der Waals surface area contributed by atoms with Crippen molar-refractivity contribution in [3.63, 3.8) is 0 Å². The summed E-state index contributed by atoms with van der Waals surface area (Å²) in [6.45, 7) is 0.696. The van der Waals surface area contributed by atoms with Crippen LogP contribution in [0, 0.1) is 0 Å². The molecule has 82 valence electrons. The molecule has 0 spiro atoms. The van der Waals surface area contributed by atoms with E-state index in [4.69, 9.17) is 9.15 Å². The molecule has 0 N–H and O–H groups in total. The van der Waals surface area contributed by atoms with Crippen molar-refractivity contribution in [2.24, 2.45) is 0 Å². The monoisotopic (exact) mass is 234 g/mol. The van der Waals surface area contributed by atoms with E-state index in [2.05, 4.69) is 0 Å². The molecule has 3 rings (SSSR count). The Hall–Kier alpha value is -1.26. The van der Waals surface area contributed by atoms with Gasteiger partial charge < -0.3 is 9.15 Å². The molecule has 1 aliphatic rings. The predicted octanol–water partition coefficient (Wildman–Crippen LogP) is 2.56. The molecule has 3 nitrogen and oxygen atoms in total. The average molecular weight is 234 g/mol. The molecule has 0 amide bonds. The Morgan fingerprint density at radius 2 is 2.19 bits per heavy atom. The van der Waals surface area contributed by atoms with E-state index in [-0.39, 0.29) is 10.9 Å². The van der Waals surface area contributed by atoms with Gasteiger partial charge in [-0.2, -0.15) is 0 Å². The van der Waals surface area contributed by atoms with Gasteiger partial charge in [0.15, 0.2) is 5.43 Å². The van der Waals surface area contributed by atoms with Crippen LogP contribution < -0.4 is 5.43 Å². The van der Waals surface area contributed by atoms with Crippen LogP contribution in [0.2, 0.25) is 0 Å². The minimum absolute atomic E-state index is 0.0150. The summed E-state index contributed by atoms with van der Waals surface area (Å²) in [5.74, 6) is 0.928. The van der Waals surface area contributed by atoms with E-state index in [0.717, 1.165) is 5.75 Å². The van der Waals surface area contributed by atoms with E-state index in [1.54, 1.807) is 23.9 Å². The van der Waals surface area contributed by atoms with Gasteiger partial charge in [-0.05, 0) is 12.1 Å². The molecular formula is C12H10O3S. The molecule has 0 radical (unpaired) electrons. The second-order valence-corrected chi connectivity index (χ2v) is 4.76. The zero-order valence-electron chi connectivity index (χ0n) is 8.51. The van der Waals surface area contributed by atoms with Crippen LogP contribution in [0.25, 0.3) is 11.0 Å². The molecule has 16 heavy (non-hydrogen) atoms. The number of para-hydroxylation sites is 1. The lowest BCUT2D eigenvalue weighted by Crippen LogP contribution is -2.11. The van der Waals surface area contributed by atoms with Crippen LogP contribution in [0.4, 0.5) is 0 Å². The van der Waals surface area contributed by atoms with Crippen LogP contribution in [-0.4, -0.2) is 12.4 Å². The Bertz CT molecular complexity index is 570. The van der Waals surface area contributed by atoms with Crippen molar-refractivity contribution in [3.05, 3.63) is 46.3 Å². The molecular weight excluding hydrogens is 224 g/mol. The van der Waals surface area contributed by atoms with E-state index < -0.39 is 0 Å². The third kappa shape index (κ3) is 1.54. The van der Waals surface area contributed by atoms with Crippen LogP contribution in [0.15, 0.2) is 39.7 Å². The van der Waals surface area contributed by atoms with Crippen molar-refractivity contribution in [1.29, 1.82) is 0 Å². The maximum absolute atomic E-state index is 12.2. The van der Waals surface area contributed by atoms with Gasteiger partial charge in [0.1, 0.15) is 17.3 Å². The van der Waals surface area contributed by atoms with Gasteiger partial charge in [0.2, 0.25) is 0 Å². The van der Waals surface area contributed by atoms with Crippen LogP contribution in [0.1, 0.15) is 11.0 Å². The standard InChI is InChI=1S/C12H10O3S/c13-11-8-3-1-2-4-10(8)15-7-9(11)12-14-5-6-16-12/h1-4,7,12H,5-6H2. The fourth-order valence-corrected chi connectivity index (χ4v) is 2.73. The molecule has 1 unspecified atom stereocenters. The second-order valence-electron chi connectivity index (χ2n) is 3.59. The summed E-state index contributed by atoms with van der Waals surface area (Å²) in [7, 11) is 0. The Labute approximate surface area is 96.4 Å². The maximum Gasteiger partial charge on any atom is 0.199 e. The molecule has 0 saturated carbocycles. The minimum atomic E-state index is -0.166. The highest BCUT2D eigenvalue weighted by Gasteiger charge is 2.22. The van der Waals surface area contributed by atoms with Gasteiger partial charge in [0, 0.05) is 5.75 Å². The third-order valence-corrected chi connectivity index (χ3v) is 3.68. The Morgan fingerprint density at radius 1 is 1.31 bits per heavy atom. The summed E-state index contributed by atoms with van der Waals surface area (Å²) in [5.41, 5.74) is 1.09. The van der Waals surface area contributed by atoms with Crippen LogP contribution in [0.5, 0.6) is 0 Å². The molecule has 1 aromatic carbocycles. The summed E-state index contributed by atoms with van der Waals surface area (Å²) in [6.07, 6.45) is 1.52. The van der Waals surface area contributed by atoms with E-state index >= 15 is 0 Å². The molecule has 1 aliphatic heterocycles. The van der Waals surface area contributed by atoms with Gasteiger partial charge in [-0.15, -0.1) is 11.8 Å². The molecule has 1 fully saturated rings. The van der Waals surface area contributed by atoms with Crippen molar-refractivity contribution in [3.8, 4) is 0 Å². The number of rotatable bonds is 1. The molecule has 2 aromatic rings. The van der Waals surface area contributed by atoms with Gasteiger partial charge >= 0.3 is 0 Å². The highest BCUT2D eigenvalue weighted by molar-refractivity contribution is 7.99. The lowest BCUT2D eigenvalue weighted by atomic mass is 10.2. The molecule has 2 heterocycles. The van der Waals surface area contributed by atoms with Crippen LogP contribution in [0.3, 0.4) is 0 Å². The van der Waals surface area contributed by atoms with Crippen molar-refractivity contribution in [2.75, 3.05) is 12.4 Å². The summed E-state index contributed by atoms with van der Waals surface area (Å²) >= 11 is 1.64. The molecule has 0 bridgehead atoms. The molecule has 1 aromatic heterocycles. The summed E-state index contributed by atoms with van der Waals surface area (Å²) in [4.78, 5) is 12.2. The normalized spacial score (nSPS) is 20.4. The van der Waals surface area contributed by atoms with Crippen molar-refractivity contribution < 1.29 is 9.15 Å². The highest BCUT2D eigenvalue weighted by Crippen LogP contribution is 2.33. The molecule has 1 atom stereocenters. The Morgan fingerprint density at radius 3 is 3.00 bits per heavy atom. The quantitative estimate of drug-likeness (QED) is 0.760. The lowest BCUT2D eigenvalue weighted by molar-refractivity contribution is 0.143. The first kappa shape index (κ1) is 9.93. The molecule has 1 saturated heterocycles. The Kier molecular flexibility index (Phi) is 2.46. The topological polar surface area (TPSA) is 39.4 Å². The number of fused-ring (bicyclic) bond motifs is 1. The van der Waals surface area contributed by atoms with Crippen LogP contribution in [-0.2, 0) is 4.74 Å². The first-order valence-electron chi connectivity index (χ1n) is 5.10. The average Bonchev–Trinajstić information content (AvgIpc) is 2.83. The van der Waals surface area contributed by atoms with Crippen molar-refractivity contribution in [1.82, 2.24) is 0 Å². The van der Waals surface area contributed by atoms with Gasteiger partial charge in [-0.1, -0.05) is 12.1 Å². The third-order valence-electron chi connectivity index (χ3n) is 2.58. The minimum Gasteiger partial charge on any atom is -0.464 e. The summed E-state index contributed by atoms with van der Waals surface area (Å²) < 4.78 is 10.9. The SMILES string of the molecule is O=c1c(C2OCCS2)coc2ccccc12. The zero-order valence-corrected chi connectivity index (χ0v) is 9.33. The Balaban J connectivity index is 2.19. The number of benzene rings is 1. The summed E-state index contributed by atoms with van der Waals surface area (Å²) in [5, 5.41) is 0.621. The fourth-order valence-electron chi connectivity index (χ4n) is 1.79. The van der Waals surface area contributed by atoms with Crippen molar-refractivity contribution in [2.45, 2.75) is 5.44 Å². The fraction of sp³-hybridized carbons (Fsp3) is 0.250. The van der Waals surface area contributed by atoms with E-state index in [1.165, 1.54) is 6.26 Å². The number of thioether (sulfide) groups is 1. The molecule has 0 aliphatic carbocycles. The van der Waals surface area contributed by atoms with E-state index in [1.807, 2.05) is 12.1 Å². The van der Waals surface area contributed by atoms with E-state index in [9.17, 15) is 4.79 Å². The zero-order chi connectivity index (χ0) is 11.0. The van der Waals surface area contributed by atoms with Crippen LogP contribution >= 0.6 is 11.8 Å². The molecule has 4 heteroatoms. The lowest BCUT2D eigenvalue weighted by Gasteiger charge is -2.07. The van der Waals surface area contributed by atoms with Gasteiger partial charge in [-0.3, -0.25) is 4.79 Å². The number of hydrogen-bond donors (Lipinski definition) is 0. The second kappa shape index (κ2) is 3.96. The maximum atomic E-state index is 12.2. The van der Waals surface area contributed by atoms with Gasteiger partial charge in [0.05, 0.1) is 17.6 Å². The first-order chi connectivity index (χ1) is 7.86. The smallest absolute Gasteiger partial charge is 0.199 e. The predicted molar refractivity (Wildman–Crippen MR) is 63.6 cm³/mol. The largest absolute Gasteiger partial charge is 0.464 e. The first-order valence-corrected chi connectivity index (χ1v) is 6.15. The highest BCUT2D eigenvalue weighted by atomic mass is 32.2. The van der Waals surface area contributed by atoms with Gasteiger partial charge in [-0.25, -0.2) is 0 Å².